The first-order valence-electron chi connectivity index (χ1n) is 9.00. The average molecular weight is 388 g/mol. The minimum absolute atomic E-state index is 0.0241. The van der Waals surface area contributed by atoms with Gasteiger partial charge in [0, 0.05) is 0 Å². The zero-order chi connectivity index (χ0) is 17.8. The van der Waals surface area contributed by atoms with Gasteiger partial charge in [-0.05, 0) is 0 Å². The second kappa shape index (κ2) is 5.57. The summed E-state index contributed by atoms with van der Waals surface area (Å²) in [6.45, 7) is 4.64. The summed E-state index contributed by atoms with van der Waals surface area (Å²) in [5.74, 6) is 7.39. The molecule has 3 aromatic rings. The van der Waals surface area contributed by atoms with Crippen LogP contribution in [0.15, 0.2) is 60.8 Å². The summed E-state index contributed by atoms with van der Waals surface area (Å²) in [7, 11) is 0. The molecule has 2 heteroatoms. The van der Waals surface area contributed by atoms with Crippen LogP contribution in [0.5, 0.6) is 0 Å². The van der Waals surface area contributed by atoms with Crippen LogP contribution in [0.1, 0.15) is 25.0 Å². The van der Waals surface area contributed by atoms with Crippen molar-refractivity contribution in [2.24, 2.45) is 0 Å². The van der Waals surface area contributed by atoms with Crippen LogP contribution in [0.25, 0.3) is 22.4 Å². The number of fused-ring (bicyclic) bond motifs is 3. The molecule has 0 spiro atoms. The monoisotopic (exact) mass is 389 g/mol. The number of hydrogen-bond donors (Lipinski definition) is 0. The van der Waals surface area contributed by atoms with Crippen molar-refractivity contribution in [2.75, 3.05) is 0 Å². The van der Waals surface area contributed by atoms with E-state index in [1.165, 1.54) is 27.8 Å². The SMILES string of the molecule is CC1(C)c2cc[c]([Ge]([CH3])([CH3])[CH3])cc2-c2cc(-c3ccccc3)ncc21. The molecular formula is C23H25GeN. The van der Waals surface area contributed by atoms with Gasteiger partial charge in [0.05, 0.1) is 0 Å². The van der Waals surface area contributed by atoms with Crippen LogP contribution in [0.2, 0.25) is 17.3 Å². The Hall–Kier alpha value is -1.87. The van der Waals surface area contributed by atoms with E-state index in [9.17, 15) is 0 Å². The summed E-state index contributed by atoms with van der Waals surface area (Å²) in [5.41, 5.74) is 7.83. The van der Waals surface area contributed by atoms with Crippen molar-refractivity contribution in [3.05, 3.63) is 71.9 Å². The Kier molecular flexibility index (Phi) is 3.70. The molecule has 0 aliphatic heterocycles. The molecule has 0 radical (unpaired) electrons. The molecule has 0 atom stereocenters. The normalized spacial score (nSPS) is 14.9. The quantitative estimate of drug-likeness (QED) is 0.521. The number of nitrogens with zero attached hydrogens (tertiary/aromatic N) is 1. The van der Waals surface area contributed by atoms with Crippen LogP contribution in [0.4, 0.5) is 0 Å². The second-order valence-electron chi connectivity index (χ2n) is 8.62. The van der Waals surface area contributed by atoms with Crippen LogP contribution in [0.3, 0.4) is 0 Å². The topological polar surface area (TPSA) is 12.9 Å². The van der Waals surface area contributed by atoms with Gasteiger partial charge in [0.15, 0.2) is 0 Å². The van der Waals surface area contributed by atoms with E-state index in [0.29, 0.717) is 0 Å². The minimum atomic E-state index is -1.86. The van der Waals surface area contributed by atoms with E-state index < -0.39 is 13.3 Å². The molecule has 0 fully saturated rings. The zero-order valence-electron chi connectivity index (χ0n) is 15.7. The van der Waals surface area contributed by atoms with Gasteiger partial charge in [-0.15, -0.1) is 0 Å². The fourth-order valence-electron chi connectivity index (χ4n) is 3.87. The van der Waals surface area contributed by atoms with E-state index in [4.69, 9.17) is 4.98 Å². The summed E-state index contributed by atoms with van der Waals surface area (Å²) in [6.07, 6.45) is 2.09. The van der Waals surface area contributed by atoms with Gasteiger partial charge >= 0.3 is 153 Å². The Labute approximate surface area is 153 Å². The van der Waals surface area contributed by atoms with E-state index in [1.54, 1.807) is 4.40 Å². The van der Waals surface area contributed by atoms with E-state index >= 15 is 0 Å². The van der Waals surface area contributed by atoms with E-state index in [1.807, 2.05) is 0 Å². The van der Waals surface area contributed by atoms with Crippen LogP contribution in [-0.4, -0.2) is 18.3 Å². The predicted molar refractivity (Wildman–Crippen MR) is 110 cm³/mol. The summed E-state index contributed by atoms with van der Waals surface area (Å²) in [5, 5.41) is 0. The summed E-state index contributed by atoms with van der Waals surface area (Å²) < 4.78 is 1.57. The van der Waals surface area contributed by atoms with Crippen LogP contribution in [0, 0.1) is 0 Å². The first kappa shape index (κ1) is 16.6. The number of hydrogen-bond acceptors (Lipinski definition) is 1. The zero-order valence-corrected chi connectivity index (χ0v) is 17.8. The summed E-state index contributed by atoms with van der Waals surface area (Å²) >= 11 is -1.86. The van der Waals surface area contributed by atoms with Gasteiger partial charge in [-0.3, -0.25) is 0 Å². The van der Waals surface area contributed by atoms with E-state index in [0.717, 1.165) is 5.69 Å². The third-order valence-electron chi connectivity index (χ3n) is 5.50. The van der Waals surface area contributed by atoms with Crippen LogP contribution < -0.4 is 4.40 Å². The van der Waals surface area contributed by atoms with Gasteiger partial charge in [0.25, 0.3) is 0 Å². The molecule has 1 heterocycles. The standard InChI is InChI=1S/C23H25GeN/c1-23(2)20-12-11-17(24(3,4)5)13-18(20)19-14-22(25-15-21(19)23)16-9-7-6-8-10-16/h6-15H,1-5H3. The predicted octanol–water partition coefficient (Wildman–Crippen LogP) is 5.60. The molecule has 126 valence electrons. The van der Waals surface area contributed by atoms with Crippen molar-refractivity contribution in [3.8, 4) is 22.4 Å². The molecule has 1 aliphatic carbocycles. The van der Waals surface area contributed by atoms with Crippen molar-refractivity contribution in [1.29, 1.82) is 0 Å². The molecule has 1 nitrogen and oxygen atoms in total. The third-order valence-corrected chi connectivity index (χ3v) is 9.78. The molecule has 25 heavy (non-hydrogen) atoms. The van der Waals surface area contributed by atoms with Crippen molar-refractivity contribution >= 4 is 17.7 Å². The fourth-order valence-corrected chi connectivity index (χ4v) is 6.30. The molecular weight excluding hydrogens is 363 g/mol. The molecule has 0 N–H and O–H groups in total. The molecule has 0 amide bonds. The Morgan fingerprint density at radius 1 is 0.800 bits per heavy atom. The molecule has 1 aliphatic rings. The van der Waals surface area contributed by atoms with E-state index in [-0.39, 0.29) is 5.41 Å². The maximum absolute atomic E-state index is 4.78. The van der Waals surface area contributed by atoms with Crippen molar-refractivity contribution in [3.63, 3.8) is 0 Å². The van der Waals surface area contributed by atoms with Crippen molar-refractivity contribution < 1.29 is 0 Å². The van der Waals surface area contributed by atoms with Crippen molar-refractivity contribution in [1.82, 2.24) is 4.98 Å². The van der Waals surface area contributed by atoms with Gasteiger partial charge in [-0.2, -0.15) is 0 Å². The second-order valence-corrected chi connectivity index (χ2v) is 19.3. The first-order chi connectivity index (χ1) is 11.8. The Morgan fingerprint density at radius 2 is 1.48 bits per heavy atom. The van der Waals surface area contributed by atoms with Crippen LogP contribution >= 0.6 is 0 Å². The van der Waals surface area contributed by atoms with Gasteiger partial charge in [0.2, 0.25) is 0 Å². The third kappa shape index (κ3) is 2.65. The number of pyridine rings is 1. The van der Waals surface area contributed by atoms with Crippen molar-refractivity contribution in [2.45, 2.75) is 36.5 Å². The molecule has 0 saturated carbocycles. The van der Waals surface area contributed by atoms with Crippen LogP contribution in [-0.2, 0) is 5.41 Å². The first-order valence-corrected chi connectivity index (χ1v) is 16.3. The molecule has 1 aromatic heterocycles. The molecule has 4 rings (SSSR count). The molecule has 0 unspecified atom stereocenters. The number of rotatable bonds is 2. The number of aromatic nitrogens is 1. The Morgan fingerprint density at radius 3 is 2.16 bits per heavy atom. The van der Waals surface area contributed by atoms with Gasteiger partial charge in [-0.25, -0.2) is 0 Å². The summed E-state index contributed by atoms with van der Waals surface area (Å²) in [6, 6.07) is 20.0. The van der Waals surface area contributed by atoms with Gasteiger partial charge < -0.3 is 0 Å². The average Bonchev–Trinajstić information content (AvgIpc) is 2.82. The number of benzene rings is 2. The Balaban J connectivity index is 1.94. The maximum atomic E-state index is 4.78. The fraction of sp³-hybridized carbons (Fsp3) is 0.261. The Bertz CT molecular complexity index is 950. The molecule has 0 saturated heterocycles. The summed E-state index contributed by atoms with van der Waals surface area (Å²) in [4.78, 5) is 4.78. The van der Waals surface area contributed by atoms with E-state index in [2.05, 4.69) is 91.9 Å². The molecule has 2 aromatic carbocycles. The molecule has 0 bridgehead atoms. The van der Waals surface area contributed by atoms with Gasteiger partial charge in [0.1, 0.15) is 0 Å². The van der Waals surface area contributed by atoms with Gasteiger partial charge in [-0.1, -0.05) is 0 Å².